The molecule has 6 heterocycles. The largest absolute Gasteiger partial charge is 0.487 e. The number of carbonyl (C=O) groups excluding carboxylic acids is 1. The molecule has 1 N–H and O–H groups in total. The lowest BCUT2D eigenvalue weighted by atomic mass is 9.79. The van der Waals surface area contributed by atoms with E-state index in [9.17, 15) is 15.3 Å². The van der Waals surface area contributed by atoms with Crippen molar-refractivity contribution in [3.63, 3.8) is 0 Å². The summed E-state index contributed by atoms with van der Waals surface area (Å²) in [6.07, 6.45) is 5.15. The van der Waals surface area contributed by atoms with Gasteiger partial charge in [-0.2, -0.15) is 10.5 Å². The van der Waals surface area contributed by atoms with Crippen molar-refractivity contribution >= 4 is 50.9 Å². The number of likely N-dealkylation sites (tertiary alicyclic amines) is 1. The highest BCUT2D eigenvalue weighted by atomic mass is 35.5. The number of aryl methyl sites for hydroxylation is 2. The number of benzene rings is 2. The number of rotatable bonds is 8. The molecule has 2 saturated carbocycles. The summed E-state index contributed by atoms with van der Waals surface area (Å²) in [6.45, 7) is 3.22. The molecule has 262 valence electrons. The number of ether oxygens (including phenoxy) is 1. The number of fused-ring (bicyclic) bond motifs is 4. The molecule has 0 spiro atoms. The first kappa shape index (κ1) is 33.1. The van der Waals surface area contributed by atoms with Crippen LogP contribution in [0.4, 0.5) is 4.39 Å². The van der Waals surface area contributed by atoms with E-state index >= 15 is 4.39 Å². The van der Waals surface area contributed by atoms with E-state index in [1.807, 2.05) is 24.0 Å². The van der Waals surface area contributed by atoms with Gasteiger partial charge < -0.3 is 19.5 Å². The SMILES string of the molecule is Cc1nc2c(F)c(-c3cccc(Cl)c3Cl)c(CCC#N)cc2c2c1cc(C1CC(Oc3ccc(C#N)nc3)CN1C(=O)C1CC1)n2C1C2CNC1C2. The minimum absolute atomic E-state index is 0.00923. The molecule has 1 amide bonds. The molecule has 5 aliphatic rings. The van der Waals surface area contributed by atoms with Gasteiger partial charge in [0.2, 0.25) is 5.91 Å². The van der Waals surface area contributed by atoms with Crippen LogP contribution in [0.1, 0.15) is 66.8 Å². The number of carbonyl (C=O) groups is 1. The predicted molar refractivity (Wildman–Crippen MR) is 195 cm³/mol. The van der Waals surface area contributed by atoms with Crippen molar-refractivity contribution in [2.45, 2.75) is 69.7 Å². The maximum atomic E-state index is 17.2. The monoisotopic (exact) mass is 733 g/mol. The number of nitriles is 2. The Bertz CT molecular complexity index is 2360. The lowest BCUT2D eigenvalue weighted by Gasteiger charge is -2.39. The van der Waals surface area contributed by atoms with Gasteiger partial charge in [0.25, 0.3) is 0 Å². The minimum atomic E-state index is -0.500. The number of halogens is 3. The molecule has 2 aromatic carbocycles. The molecule has 2 aliphatic carbocycles. The molecule has 52 heavy (non-hydrogen) atoms. The Morgan fingerprint density at radius 3 is 2.67 bits per heavy atom. The summed E-state index contributed by atoms with van der Waals surface area (Å²) in [5.74, 6) is 0.580. The molecule has 5 fully saturated rings. The quantitative estimate of drug-likeness (QED) is 0.172. The molecule has 5 atom stereocenters. The Labute approximate surface area is 309 Å². The molecule has 2 bridgehead atoms. The topological polar surface area (TPSA) is 120 Å². The van der Waals surface area contributed by atoms with Crippen LogP contribution in [-0.4, -0.2) is 50.6 Å². The number of hydrogen-bond donors (Lipinski definition) is 1. The number of aromatic nitrogens is 3. The number of nitrogens with zero attached hydrogens (tertiary/aromatic N) is 6. The third-order valence-corrected chi connectivity index (χ3v) is 12.2. The maximum absolute atomic E-state index is 17.2. The molecule has 12 heteroatoms. The number of pyridine rings is 2. The van der Waals surface area contributed by atoms with E-state index in [1.54, 1.807) is 36.5 Å². The third kappa shape index (κ3) is 5.31. The van der Waals surface area contributed by atoms with Gasteiger partial charge >= 0.3 is 0 Å². The predicted octanol–water partition coefficient (Wildman–Crippen LogP) is 8.00. The number of hydrogen-bond acceptors (Lipinski definition) is 7. The van der Waals surface area contributed by atoms with E-state index in [1.165, 1.54) is 0 Å². The first-order chi connectivity index (χ1) is 25.2. The van der Waals surface area contributed by atoms with Crippen molar-refractivity contribution in [2.24, 2.45) is 11.8 Å². The third-order valence-electron chi connectivity index (χ3n) is 11.4. The highest BCUT2D eigenvalue weighted by Gasteiger charge is 2.51. The molecule has 5 aromatic rings. The normalized spacial score (nSPS) is 23.5. The van der Waals surface area contributed by atoms with Gasteiger partial charge in [-0.25, -0.2) is 14.4 Å². The zero-order valence-electron chi connectivity index (χ0n) is 28.4. The second-order valence-electron chi connectivity index (χ2n) is 14.5. The van der Waals surface area contributed by atoms with Crippen LogP contribution in [0.25, 0.3) is 32.9 Å². The van der Waals surface area contributed by atoms with Crippen molar-refractivity contribution in [3.05, 3.63) is 87.2 Å². The Hall–Kier alpha value is -4.74. The second kappa shape index (κ2) is 12.7. The molecular weight excluding hydrogens is 700 g/mol. The maximum Gasteiger partial charge on any atom is 0.226 e. The van der Waals surface area contributed by atoms with Crippen molar-refractivity contribution < 1.29 is 13.9 Å². The van der Waals surface area contributed by atoms with Crippen LogP contribution in [0.5, 0.6) is 5.75 Å². The van der Waals surface area contributed by atoms with Gasteiger partial charge in [0.15, 0.2) is 5.82 Å². The Morgan fingerprint density at radius 2 is 1.98 bits per heavy atom. The molecule has 9 nitrogen and oxygen atoms in total. The summed E-state index contributed by atoms with van der Waals surface area (Å²) in [4.78, 5) is 25.0. The summed E-state index contributed by atoms with van der Waals surface area (Å²) in [5.41, 5.74) is 4.53. The lowest BCUT2D eigenvalue weighted by molar-refractivity contribution is -0.133. The molecular formula is C40H34Cl2FN7O2. The first-order valence-corrected chi connectivity index (χ1v) is 18.6. The van der Waals surface area contributed by atoms with Gasteiger partial charge in [0.05, 0.1) is 46.5 Å². The zero-order valence-corrected chi connectivity index (χ0v) is 29.9. The summed E-state index contributed by atoms with van der Waals surface area (Å²) in [7, 11) is 0. The summed E-state index contributed by atoms with van der Waals surface area (Å²) in [6, 6.07) is 17.0. The fraction of sp³-hybridized carbons (Fsp3) is 0.375. The van der Waals surface area contributed by atoms with Gasteiger partial charge in [-0.05, 0) is 74.4 Å². The molecule has 3 saturated heterocycles. The van der Waals surface area contributed by atoms with E-state index in [4.69, 9.17) is 32.9 Å². The summed E-state index contributed by atoms with van der Waals surface area (Å²) in [5, 5.41) is 24.6. The van der Waals surface area contributed by atoms with Gasteiger partial charge in [-0.3, -0.25) is 4.79 Å². The van der Waals surface area contributed by atoms with Crippen molar-refractivity contribution in [1.82, 2.24) is 24.8 Å². The Kier molecular flexibility index (Phi) is 8.11. The molecule has 10 rings (SSSR count). The van der Waals surface area contributed by atoms with Crippen LogP contribution >= 0.6 is 23.2 Å². The fourth-order valence-corrected chi connectivity index (χ4v) is 9.17. The fourth-order valence-electron chi connectivity index (χ4n) is 8.78. The van der Waals surface area contributed by atoms with Crippen molar-refractivity contribution in [3.8, 4) is 29.0 Å². The average Bonchev–Trinajstić information content (AvgIpc) is 3.43. The van der Waals surface area contributed by atoms with Gasteiger partial charge in [-0.15, -0.1) is 0 Å². The van der Waals surface area contributed by atoms with Crippen molar-refractivity contribution in [2.75, 3.05) is 13.1 Å². The first-order valence-electron chi connectivity index (χ1n) is 17.8. The zero-order chi connectivity index (χ0) is 35.8. The molecule has 3 aromatic heterocycles. The smallest absolute Gasteiger partial charge is 0.226 e. The second-order valence-corrected chi connectivity index (χ2v) is 15.3. The summed E-state index contributed by atoms with van der Waals surface area (Å²) >= 11 is 13.1. The van der Waals surface area contributed by atoms with E-state index in [0.29, 0.717) is 69.5 Å². The van der Waals surface area contributed by atoms with Crippen LogP contribution < -0.4 is 10.1 Å². The lowest BCUT2D eigenvalue weighted by Crippen LogP contribution is -2.41. The Morgan fingerprint density at radius 1 is 1.13 bits per heavy atom. The van der Waals surface area contributed by atoms with Crippen LogP contribution in [0, 0.1) is 47.2 Å². The standard InChI is InChI=1S/C40H34Cl2FN7O2/c1-20-28-15-33(32-14-26(19-49(32)40(51)21-7-8-21)52-25-10-9-24(16-45)46-18-25)50(38-23-13-31(38)47-17-23)39(28)29-12-22(4-3-11-44)34(36(43)37(29)48-20)27-5-2-6-30(41)35(27)42/h2,5-6,9-10,12,15,18,21,23,26,31-32,38,47H,3-4,7-8,13-14,17,19H2,1H3. The van der Waals surface area contributed by atoms with Crippen molar-refractivity contribution in [1.29, 1.82) is 10.5 Å². The summed E-state index contributed by atoms with van der Waals surface area (Å²) < 4.78 is 26.0. The molecule has 3 aliphatic heterocycles. The minimum Gasteiger partial charge on any atom is -0.487 e. The van der Waals surface area contributed by atoms with E-state index in [2.05, 4.69) is 27.0 Å². The van der Waals surface area contributed by atoms with E-state index < -0.39 is 5.82 Å². The van der Waals surface area contributed by atoms with Crippen LogP contribution in [0.3, 0.4) is 0 Å². The molecule has 0 radical (unpaired) electrons. The van der Waals surface area contributed by atoms with Crippen LogP contribution in [0.2, 0.25) is 10.0 Å². The van der Waals surface area contributed by atoms with Gasteiger partial charge in [0.1, 0.15) is 29.1 Å². The van der Waals surface area contributed by atoms with Crippen LogP contribution in [0.15, 0.2) is 48.7 Å². The Balaban J connectivity index is 1.24. The highest BCUT2D eigenvalue weighted by molar-refractivity contribution is 6.43. The van der Waals surface area contributed by atoms with Gasteiger partial charge in [0, 0.05) is 64.6 Å². The number of nitrogens with one attached hydrogen (secondary N) is 1. The van der Waals surface area contributed by atoms with Crippen LogP contribution in [-0.2, 0) is 11.2 Å². The van der Waals surface area contributed by atoms with Gasteiger partial charge in [-0.1, -0.05) is 35.3 Å². The molecule has 5 unspecified atom stereocenters. The average molecular weight is 735 g/mol. The van der Waals surface area contributed by atoms with E-state index in [0.717, 1.165) is 42.4 Å². The highest BCUT2D eigenvalue weighted by Crippen LogP contribution is 2.51. The number of amides is 1. The van der Waals surface area contributed by atoms with E-state index in [-0.39, 0.29) is 53.0 Å².